The maximum atomic E-state index is 10.5. The summed E-state index contributed by atoms with van der Waals surface area (Å²) in [5.41, 5.74) is 5.64. The van der Waals surface area contributed by atoms with E-state index < -0.39 is 5.97 Å². The van der Waals surface area contributed by atoms with Crippen molar-refractivity contribution in [2.45, 2.75) is 31.3 Å². The molecule has 2 atom stereocenters. The van der Waals surface area contributed by atoms with E-state index in [2.05, 4.69) is 5.32 Å². The van der Waals surface area contributed by atoms with Gasteiger partial charge in [0, 0.05) is 12.6 Å². The lowest BCUT2D eigenvalue weighted by molar-refractivity contribution is -0.139. The molecule has 0 amide bonds. The van der Waals surface area contributed by atoms with E-state index in [1.54, 1.807) is 0 Å². The van der Waals surface area contributed by atoms with Crippen LogP contribution in [0.5, 0.6) is 0 Å². The number of aliphatic carboxylic acids is 1. The molecule has 1 aliphatic rings. The van der Waals surface area contributed by atoms with Crippen LogP contribution in [0.15, 0.2) is 0 Å². The largest absolute Gasteiger partial charge is 0.480 e. The SMILES string of the molecule is NC1CCC[C@@H](C(=O)O)NC1. The number of carbonyl (C=O) groups is 1. The van der Waals surface area contributed by atoms with Gasteiger partial charge in [0.15, 0.2) is 0 Å². The van der Waals surface area contributed by atoms with Crippen molar-refractivity contribution in [3.8, 4) is 0 Å². The van der Waals surface area contributed by atoms with Crippen LogP contribution in [0.25, 0.3) is 0 Å². The third-order valence-electron chi connectivity index (χ3n) is 1.99. The summed E-state index contributed by atoms with van der Waals surface area (Å²) in [5.74, 6) is -0.765. The Kier molecular flexibility index (Phi) is 2.84. The first-order valence-electron chi connectivity index (χ1n) is 3.92. The Hall–Kier alpha value is -0.610. The number of nitrogens with two attached hydrogens (primary N) is 1. The molecule has 0 aromatic heterocycles. The molecule has 0 aromatic rings. The number of nitrogens with one attached hydrogen (secondary N) is 1. The molecule has 0 saturated carbocycles. The van der Waals surface area contributed by atoms with Gasteiger partial charge in [-0.3, -0.25) is 4.79 Å². The molecule has 0 bridgehead atoms. The molecule has 1 rings (SSSR count). The van der Waals surface area contributed by atoms with E-state index in [4.69, 9.17) is 10.8 Å². The molecule has 0 radical (unpaired) electrons. The summed E-state index contributed by atoms with van der Waals surface area (Å²) in [7, 11) is 0. The Morgan fingerprint density at radius 2 is 2.27 bits per heavy atom. The minimum absolute atomic E-state index is 0.124. The van der Waals surface area contributed by atoms with Crippen LogP contribution in [0.4, 0.5) is 0 Å². The van der Waals surface area contributed by atoms with E-state index in [0.29, 0.717) is 13.0 Å². The zero-order valence-electron chi connectivity index (χ0n) is 6.42. The minimum Gasteiger partial charge on any atom is -0.480 e. The normalized spacial score (nSPS) is 32.8. The van der Waals surface area contributed by atoms with Crippen molar-refractivity contribution in [3.63, 3.8) is 0 Å². The molecule has 0 spiro atoms. The smallest absolute Gasteiger partial charge is 0.320 e. The van der Waals surface area contributed by atoms with Crippen LogP contribution in [0, 0.1) is 0 Å². The van der Waals surface area contributed by atoms with Crippen LogP contribution >= 0.6 is 0 Å². The van der Waals surface area contributed by atoms with Crippen molar-refractivity contribution in [1.29, 1.82) is 0 Å². The highest BCUT2D eigenvalue weighted by molar-refractivity contribution is 5.73. The topological polar surface area (TPSA) is 75.4 Å². The van der Waals surface area contributed by atoms with Gasteiger partial charge in [-0.25, -0.2) is 0 Å². The lowest BCUT2D eigenvalue weighted by Crippen LogP contribution is -2.40. The second kappa shape index (κ2) is 3.69. The lowest BCUT2D eigenvalue weighted by atomic mass is 10.1. The second-order valence-corrected chi connectivity index (χ2v) is 2.99. The van der Waals surface area contributed by atoms with Gasteiger partial charge in [-0.1, -0.05) is 0 Å². The van der Waals surface area contributed by atoms with Gasteiger partial charge >= 0.3 is 5.97 Å². The molecule has 0 aliphatic carbocycles. The predicted octanol–water partition coefficient (Wildman–Crippen LogP) is -0.460. The molecular formula is C7H14N2O2. The van der Waals surface area contributed by atoms with Gasteiger partial charge in [0.1, 0.15) is 6.04 Å². The van der Waals surface area contributed by atoms with Crippen LogP contribution in [-0.4, -0.2) is 29.7 Å². The molecule has 4 nitrogen and oxygen atoms in total. The number of hydrogen-bond donors (Lipinski definition) is 3. The van der Waals surface area contributed by atoms with Crippen molar-refractivity contribution in [2.24, 2.45) is 5.73 Å². The van der Waals surface area contributed by atoms with E-state index in [1.165, 1.54) is 0 Å². The zero-order chi connectivity index (χ0) is 8.27. The number of rotatable bonds is 1. The fourth-order valence-electron chi connectivity index (χ4n) is 1.29. The zero-order valence-corrected chi connectivity index (χ0v) is 6.42. The molecule has 1 saturated heterocycles. The highest BCUT2D eigenvalue weighted by atomic mass is 16.4. The maximum Gasteiger partial charge on any atom is 0.320 e. The van der Waals surface area contributed by atoms with Crippen molar-refractivity contribution in [2.75, 3.05) is 6.54 Å². The molecule has 1 heterocycles. The molecule has 64 valence electrons. The van der Waals surface area contributed by atoms with Gasteiger partial charge in [0.2, 0.25) is 0 Å². The summed E-state index contributed by atoms with van der Waals surface area (Å²) >= 11 is 0. The lowest BCUT2D eigenvalue weighted by Gasteiger charge is -2.10. The summed E-state index contributed by atoms with van der Waals surface area (Å²) < 4.78 is 0. The van der Waals surface area contributed by atoms with Gasteiger partial charge in [-0.2, -0.15) is 0 Å². The summed E-state index contributed by atoms with van der Waals surface area (Å²) in [6.45, 7) is 0.622. The van der Waals surface area contributed by atoms with Gasteiger partial charge in [0.25, 0.3) is 0 Å². The van der Waals surface area contributed by atoms with Crippen molar-refractivity contribution < 1.29 is 9.90 Å². The van der Waals surface area contributed by atoms with Crippen LogP contribution in [0.2, 0.25) is 0 Å². The van der Waals surface area contributed by atoms with Crippen molar-refractivity contribution in [3.05, 3.63) is 0 Å². The van der Waals surface area contributed by atoms with E-state index in [9.17, 15) is 4.79 Å². The first-order chi connectivity index (χ1) is 5.20. The van der Waals surface area contributed by atoms with E-state index in [1.807, 2.05) is 0 Å². The summed E-state index contributed by atoms with van der Waals surface area (Å²) in [4.78, 5) is 10.5. The third-order valence-corrected chi connectivity index (χ3v) is 1.99. The molecular weight excluding hydrogens is 144 g/mol. The van der Waals surface area contributed by atoms with E-state index >= 15 is 0 Å². The van der Waals surface area contributed by atoms with Gasteiger partial charge in [-0.15, -0.1) is 0 Å². The monoisotopic (exact) mass is 158 g/mol. The Morgan fingerprint density at radius 3 is 2.91 bits per heavy atom. The fourth-order valence-corrected chi connectivity index (χ4v) is 1.29. The first-order valence-corrected chi connectivity index (χ1v) is 3.92. The molecule has 4 N–H and O–H groups in total. The number of carboxylic acid groups (broad SMARTS) is 1. The third kappa shape index (κ3) is 2.48. The Morgan fingerprint density at radius 1 is 1.55 bits per heavy atom. The fraction of sp³-hybridized carbons (Fsp3) is 0.857. The van der Waals surface area contributed by atoms with Crippen LogP contribution < -0.4 is 11.1 Å². The molecule has 1 fully saturated rings. The van der Waals surface area contributed by atoms with Crippen molar-refractivity contribution >= 4 is 5.97 Å². The highest BCUT2D eigenvalue weighted by Crippen LogP contribution is 2.07. The van der Waals surface area contributed by atoms with Gasteiger partial charge < -0.3 is 16.2 Å². The quantitative estimate of drug-likeness (QED) is 0.482. The molecule has 1 aliphatic heterocycles. The number of carboxylic acids is 1. The second-order valence-electron chi connectivity index (χ2n) is 2.99. The Labute approximate surface area is 65.8 Å². The highest BCUT2D eigenvalue weighted by Gasteiger charge is 2.20. The Bertz CT molecular complexity index is 149. The molecule has 0 aromatic carbocycles. The average molecular weight is 158 g/mol. The predicted molar refractivity (Wildman–Crippen MR) is 41.3 cm³/mol. The van der Waals surface area contributed by atoms with Crippen LogP contribution in [-0.2, 0) is 4.79 Å². The standard InChI is InChI=1S/C7H14N2O2/c8-5-2-1-3-6(7(10)11)9-4-5/h5-6,9H,1-4,8H2,(H,10,11)/t5?,6-/m0/s1. The molecule has 1 unspecified atom stereocenters. The van der Waals surface area contributed by atoms with Gasteiger partial charge in [-0.05, 0) is 19.3 Å². The summed E-state index contributed by atoms with van der Waals surface area (Å²) in [6.07, 6.45) is 2.53. The average Bonchev–Trinajstić information content (AvgIpc) is 2.13. The minimum atomic E-state index is -0.765. The molecule has 4 heteroatoms. The molecule has 11 heavy (non-hydrogen) atoms. The summed E-state index contributed by atoms with van der Waals surface area (Å²) in [5, 5.41) is 11.6. The summed E-state index contributed by atoms with van der Waals surface area (Å²) in [6, 6.07) is -0.261. The maximum absolute atomic E-state index is 10.5. The van der Waals surface area contributed by atoms with E-state index in [0.717, 1.165) is 12.8 Å². The Balaban J connectivity index is 2.40. The van der Waals surface area contributed by atoms with E-state index in [-0.39, 0.29) is 12.1 Å². The number of hydrogen-bond acceptors (Lipinski definition) is 3. The van der Waals surface area contributed by atoms with Crippen LogP contribution in [0.3, 0.4) is 0 Å². The van der Waals surface area contributed by atoms with Gasteiger partial charge in [0.05, 0.1) is 0 Å². The van der Waals surface area contributed by atoms with Crippen LogP contribution in [0.1, 0.15) is 19.3 Å². The first kappa shape index (κ1) is 8.49. The van der Waals surface area contributed by atoms with Crippen molar-refractivity contribution in [1.82, 2.24) is 5.32 Å².